The number of anilines is 2. The number of carbonyl (C=O) groups is 3. The van der Waals surface area contributed by atoms with Gasteiger partial charge in [0.2, 0.25) is 5.91 Å². The number of aryl methyl sites for hydroxylation is 1. The van der Waals surface area contributed by atoms with Crippen LogP contribution < -0.4 is 16.0 Å². The van der Waals surface area contributed by atoms with Crippen LogP contribution in [-0.2, 0) is 9.59 Å². The van der Waals surface area contributed by atoms with Crippen molar-refractivity contribution in [2.75, 3.05) is 10.6 Å². The molecular weight excluding hydrogens is 729 g/mol. The quantitative estimate of drug-likeness (QED) is 0.0903. The highest BCUT2D eigenvalue weighted by atomic mass is 79.9. The molecule has 6 rings (SSSR count). The number of benzene rings is 5. The molecule has 7 nitrogen and oxygen atoms in total. The predicted molar refractivity (Wildman–Crippen MR) is 207 cm³/mol. The lowest BCUT2D eigenvalue weighted by Crippen LogP contribution is -2.30. The van der Waals surface area contributed by atoms with Gasteiger partial charge in [-0.05, 0) is 72.2 Å². The third-order valence-corrected chi connectivity index (χ3v) is 10.1. The number of halogens is 1. The Kier molecular flexibility index (Phi) is 11.3. The predicted octanol–water partition coefficient (Wildman–Crippen LogP) is 9.76. The molecule has 1 heterocycles. The van der Waals surface area contributed by atoms with Crippen LogP contribution in [0.1, 0.15) is 32.3 Å². The van der Waals surface area contributed by atoms with Gasteiger partial charge < -0.3 is 16.0 Å². The SMILES string of the molecule is Cc1ccccc1/C=C(\NC(=O)c1ccccc1)C(=O)Nc1cccc(SC(C(=O)Nc2nc(-c3ccc(Br)cc3)cs2)c2ccccc2)c1. The Morgan fingerprint density at radius 3 is 2.24 bits per heavy atom. The van der Waals surface area contributed by atoms with E-state index in [9.17, 15) is 14.4 Å². The Morgan fingerprint density at radius 2 is 1.50 bits per heavy atom. The molecule has 0 saturated heterocycles. The maximum absolute atomic E-state index is 13.8. The number of hydrogen-bond donors (Lipinski definition) is 3. The van der Waals surface area contributed by atoms with Crippen molar-refractivity contribution in [2.24, 2.45) is 0 Å². The lowest BCUT2D eigenvalue weighted by molar-refractivity contribution is -0.116. The van der Waals surface area contributed by atoms with Gasteiger partial charge >= 0.3 is 0 Å². The van der Waals surface area contributed by atoms with Crippen molar-refractivity contribution >= 4 is 73.6 Å². The molecule has 0 spiro atoms. The number of thiazole rings is 1. The van der Waals surface area contributed by atoms with Crippen molar-refractivity contribution in [2.45, 2.75) is 17.1 Å². The maximum Gasteiger partial charge on any atom is 0.272 e. The number of nitrogens with one attached hydrogen (secondary N) is 3. The van der Waals surface area contributed by atoms with Gasteiger partial charge in [0.25, 0.3) is 11.8 Å². The molecule has 50 heavy (non-hydrogen) atoms. The summed E-state index contributed by atoms with van der Waals surface area (Å²) < 4.78 is 0.977. The molecule has 0 bridgehead atoms. The molecule has 5 aromatic carbocycles. The van der Waals surface area contributed by atoms with E-state index in [4.69, 9.17) is 0 Å². The second kappa shape index (κ2) is 16.4. The number of amides is 3. The van der Waals surface area contributed by atoms with Crippen molar-refractivity contribution in [3.63, 3.8) is 0 Å². The molecule has 0 radical (unpaired) electrons. The Labute approximate surface area is 307 Å². The summed E-state index contributed by atoms with van der Waals surface area (Å²) in [4.78, 5) is 46.0. The molecule has 248 valence electrons. The standard InChI is InChI=1S/C40H31BrN4O3S2/c1-26-11-8-9-16-30(26)23-34(43-37(46)29-14-6-3-7-15-29)38(47)42-32-17-10-18-33(24-32)50-36(28-12-4-2-5-13-28)39(48)45-40-44-35(25-49-40)27-19-21-31(41)22-20-27/h2-25,36H,1H3,(H,42,47)(H,43,46)(H,44,45,48)/b34-23-. The molecule has 1 unspecified atom stereocenters. The first-order chi connectivity index (χ1) is 24.3. The van der Waals surface area contributed by atoms with Crippen LogP contribution in [-0.4, -0.2) is 22.7 Å². The fourth-order valence-electron chi connectivity index (χ4n) is 4.98. The first-order valence-corrected chi connectivity index (χ1v) is 18.2. The van der Waals surface area contributed by atoms with Crippen LogP contribution in [0, 0.1) is 6.92 Å². The summed E-state index contributed by atoms with van der Waals surface area (Å²) in [7, 11) is 0. The van der Waals surface area contributed by atoms with E-state index in [-0.39, 0.29) is 11.6 Å². The first-order valence-electron chi connectivity index (χ1n) is 15.6. The Hall–Kier alpha value is -5.29. The van der Waals surface area contributed by atoms with Crippen LogP contribution in [0.3, 0.4) is 0 Å². The highest BCUT2D eigenvalue weighted by Gasteiger charge is 2.24. The van der Waals surface area contributed by atoms with Gasteiger partial charge in [-0.3, -0.25) is 14.4 Å². The van der Waals surface area contributed by atoms with Gasteiger partial charge in [0, 0.05) is 31.6 Å². The Balaban J connectivity index is 1.21. The number of carbonyl (C=O) groups excluding carboxylic acids is 3. The third kappa shape index (κ3) is 9.03. The minimum Gasteiger partial charge on any atom is -0.321 e. The average Bonchev–Trinajstić information content (AvgIpc) is 3.60. The number of nitrogens with zero attached hydrogens (tertiary/aromatic N) is 1. The fourth-order valence-corrected chi connectivity index (χ4v) is 7.05. The van der Waals surface area contributed by atoms with E-state index in [0.29, 0.717) is 16.4 Å². The van der Waals surface area contributed by atoms with Crippen LogP contribution in [0.15, 0.2) is 154 Å². The maximum atomic E-state index is 13.8. The Bertz CT molecular complexity index is 2150. The molecular formula is C40H31BrN4O3S2. The van der Waals surface area contributed by atoms with Gasteiger partial charge in [0.15, 0.2) is 5.13 Å². The van der Waals surface area contributed by atoms with Gasteiger partial charge in [0.05, 0.1) is 5.69 Å². The van der Waals surface area contributed by atoms with Crippen molar-refractivity contribution in [1.82, 2.24) is 10.3 Å². The van der Waals surface area contributed by atoms with Crippen LogP contribution in [0.4, 0.5) is 10.8 Å². The monoisotopic (exact) mass is 758 g/mol. The summed E-state index contributed by atoms with van der Waals surface area (Å²) in [6.07, 6.45) is 1.67. The molecule has 1 atom stereocenters. The summed E-state index contributed by atoms with van der Waals surface area (Å²) in [5.74, 6) is -1.10. The van der Waals surface area contributed by atoms with E-state index >= 15 is 0 Å². The molecule has 0 aliphatic heterocycles. The lowest BCUT2D eigenvalue weighted by atomic mass is 10.1. The van der Waals surface area contributed by atoms with Gasteiger partial charge in [-0.2, -0.15) is 0 Å². The third-order valence-electron chi connectivity index (χ3n) is 7.58. The van der Waals surface area contributed by atoms with E-state index in [1.807, 2.05) is 115 Å². The zero-order valence-electron chi connectivity index (χ0n) is 26.8. The van der Waals surface area contributed by atoms with Gasteiger partial charge in [0.1, 0.15) is 10.9 Å². The number of aromatic nitrogens is 1. The molecule has 6 aromatic rings. The normalized spacial score (nSPS) is 11.8. The highest BCUT2D eigenvalue weighted by molar-refractivity contribution is 9.10. The van der Waals surface area contributed by atoms with E-state index < -0.39 is 17.1 Å². The molecule has 3 N–H and O–H groups in total. The summed E-state index contributed by atoms with van der Waals surface area (Å²) in [5, 5.41) is 10.5. The summed E-state index contributed by atoms with van der Waals surface area (Å²) in [6, 6.07) is 41.0. The zero-order chi connectivity index (χ0) is 34.9. The molecule has 0 fully saturated rings. The van der Waals surface area contributed by atoms with E-state index in [0.717, 1.165) is 37.3 Å². The molecule has 1 aromatic heterocycles. The smallest absolute Gasteiger partial charge is 0.272 e. The largest absolute Gasteiger partial charge is 0.321 e. The van der Waals surface area contributed by atoms with Crippen LogP contribution in [0.25, 0.3) is 17.3 Å². The molecule has 0 aliphatic rings. The Morgan fingerprint density at radius 1 is 0.800 bits per heavy atom. The lowest BCUT2D eigenvalue weighted by Gasteiger charge is -2.17. The zero-order valence-corrected chi connectivity index (χ0v) is 30.0. The van der Waals surface area contributed by atoms with Gasteiger partial charge in [-0.15, -0.1) is 23.1 Å². The molecule has 0 saturated carbocycles. The molecule has 0 aliphatic carbocycles. The van der Waals surface area contributed by atoms with Crippen molar-refractivity contribution in [1.29, 1.82) is 0 Å². The number of rotatable bonds is 11. The van der Waals surface area contributed by atoms with Gasteiger partial charge in [-0.25, -0.2) is 4.98 Å². The average molecular weight is 760 g/mol. The first kappa shape index (κ1) is 34.6. The summed E-state index contributed by atoms with van der Waals surface area (Å²) in [6.45, 7) is 1.94. The van der Waals surface area contributed by atoms with Gasteiger partial charge in [-0.1, -0.05) is 107 Å². The van der Waals surface area contributed by atoms with E-state index in [1.54, 1.807) is 36.4 Å². The minimum absolute atomic E-state index is 0.0960. The van der Waals surface area contributed by atoms with Crippen molar-refractivity contribution in [3.05, 3.63) is 171 Å². The van der Waals surface area contributed by atoms with Crippen LogP contribution in [0.5, 0.6) is 0 Å². The fraction of sp³-hybridized carbons (Fsp3) is 0.0500. The van der Waals surface area contributed by atoms with E-state index in [2.05, 4.69) is 36.9 Å². The van der Waals surface area contributed by atoms with Crippen LogP contribution in [0.2, 0.25) is 0 Å². The number of hydrogen-bond acceptors (Lipinski definition) is 6. The second-order valence-electron chi connectivity index (χ2n) is 11.2. The number of thioether (sulfide) groups is 1. The highest BCUT2D eigenvalue weighted by Crippen LogP contribution is 2.38. The minimum atomic E-state index is -0.608. The summed E-state index contributed by atoms with van der Waals surface area (Å²) in [5.41, 5.74) is 5.35. The van der Waals surface area contributed by atoms with Crippen LogP contribution >= 0.6 is 39.0 Å². The van der Waals surface area contributed by atoms with Crippen molar-refractivity contribution < 1.29 is 14.4 Å². The molecule has 10 heteroatoms. The topological polar surface area (TPSA) is 100 Å². The summed E-state index contributed by atoms with van der Waals surface area (Å²) >= 11 is 6.18. The van der Waals surface area contributed by atoms with E-state index in [1.165, 1.54) is 23.1 Å². The molecule has 3 amide bonds. The second-order valence-corrected chi connectivity index (χ2v) is 14.1. The van der Waals surface area contributed by atoms with Crippen molar-refractivity contribution in [3.8, 4) is 11.3 Å².